The van der Waals surface area contributed by atoms with Gasteiger partial charge in [-0.05, 0) is 99.7 Å². The number of phenols is 1. The van der Waals surface area contributed by atoms with Crippen molar-refractivity contribution >= 4 is 75.7 Å². The number of carbonyl (C=O) groups is 7. The lowest BCUT2D eigenvalue weighted by Crippen LogP contribution is -2.64. The molecule has 0 bridgehead atoms. The second-order valence-corrected chi connectivity index (χ2v) is 26.4. The van der Waals surface area contributed by atoms with E-state index in [9.17, 15) is 69.3 Å². The number of fused-ring (bicyclic) bond motifs is 3. The molecule has 15 N–H and O–H groups in total. The van der Waals surface area contributed by atoms with E-state index < -0.39 is 158 Å². The third-order valence-corrected chi connectivity index (χ3v) is 19.2. The number of methoxy groups -OCH3 is 1. The topological polar surface area (TPSA) is 454 Å². The minimum absolute atomic E-state index is 0.0265. The van der Waals surface area contributed by atoms with Crippen LogP contribution < -0.4 is 41.4 Å². The molecule has 13 atom stereocenters. The number of aliphatic hydroxyl groups is 6. The highest BCUT2D eigenvalue weighted by Crippen LogP contribution is 2.34. The number of carbonyl (C=O) groups excluding carboxylic acids is 7. The quantitative estimate of drug-likeness (QED) is 0.0163. The van der Waals surface area contributed by atoms with Gasteiger partial charge in [0, 0.05) is 101 Å². The second kappa shape index (κ2) is 34.9. The molecule has 9 rings (SSSR count). The number of aromatic hydroxyl groups is 1. The Morgan fingerprint density at radius 2 is 1.48 bits per heavy atom. The Kier molecular flexibility index (Phi) is 26.5. The number of rotatable bonds is 24. The number of nitrogens with two attached hydrogens (primary N) is 1. The van der Waals surface area contributed by atoms with Crippen molar-refractivity contribution in [1.82, 2.24) is 51.0 Å². The van der Waals surface area contributed by atoms with Crippen LogP contribution in [0.2, 0.25) is 0 Å². The maximum absolute atomic E-state index is 14.7. The highest BCUT2D eigenvalue weighted by molar-refractivity contribution is 7.90. The summed E-state index contributed by atoms with van der Waals surface area (Å²) in [4.78, 5) is 111. The highest BCUT2D eigenvalue weighted by atomic mass is 32.2. The number of nitrogens with zero attached hydrogens (tertiary/aromatic N) is 6. The first-order valence-corrected chi connectivity index (χ1v) is 34.0. The molecular weight excluding hydrogens is 1320 g/mol. The number of amides is 7. The van der Waals surface area contributed by atoms with Crippen LogP contribution >= 0.6 is 23.7 Å². The van der Waals surface area contributed by atoms with Crippen LogP contribution in [0.15, 0.2) is 72.9 Å². The Bertz CT molecular complexity index is 3490. The van der Waals surface area contributed by atoms with E-state index in [1.807, 2.05) is 12.1 Å². The number of aliphatic hydroxyl groups excluding tert-OH is 6. The number of nitrogens with one attached hydrogen (secondary N) is 5. The molecule has 0 radical (unpaired) electrons. The van der Waals surface area contributed by atoms with E-state index in [1.165, 1.54) is 42.5 Å². The predicted molar refractivity (Wildman–Crippen MR) is 353 cm³/mol. The summed E-state index contributed by atoms with van der Waals surface area (Å²) in [5, 5.41) is 109. The molecule has 4 fully saturated rings. The zero-order valence-electron chi connectivity index (χ0n) is 54.3. The molecule has 98 heavy (non-hydrogen) atoms. The number of benzene rings is 3. The summed E-state index contributed by atoms with van der Waals surface area (Å²) in [7, 11) is 1.72. The molecule has 2 aromatic heterocycles. The van der Waals surface area contributed by atoms with Gasteiger partial charge >= 0.3 is 0 Å². The van der Waals surface area contributed by atoms with Crippen molar-refractivity contribution in [3.63, 3.8) is 0 Å². The van der Waals surface area contributed by atoms with Gasteiger partial charge in [-0.15, -0.1) is 0 Å². The summed E-state index contributed by atoms with van der Waals surface area (Å²) in [6, 6.07) is 6.89. The zero-order valence-corrected chi connectivity index (χ0v) is 55.9. The van der Waals surface area contributed by atoms with Crippen LogP contribution in [0.1, 0.15) is 87.6 Å². The van der Waals surface area contributed by atoms with Gasteiger partial charge in [-0.1, -0.05) is 58.7 Å². The lowest BCUT2D eigenvalue weighted by molar-refractivity contribution is -0.433. The van der Waals surface area contributed by atoms with E-state index in [-0.39, 0.29) is 54.8 Å². The Hall–Kier alpha value is -7.68. The van der Waals surface area contributed by atoms with Gasteiger partial charge in [-0.25, -0.2) is 14.8 Å². The highest BCUT2D eigenvalue weighted by Gasteiger charge is 2.50. The number of β-amino-alcohol motifs (C(OH)–C–C–N with tert-alkyl or cyclic N) is 1. The second-order valence-electron chi connectivity index (χ2n) is 25.0. The molecule has 0 unspecified atom stereocenters. The molecule has 4 saturated heterocycles. The van der Waals surface area contributed by atoms with Crippen LogP contribution in [-0.2, 0) is 54.0 Å². The van der Waals surface area contributed by atoms with Gasteiger partial charge in [0.2, 0.25) is 40.4 Å². The lowest BCUT2D eigenvalue weighted by Gasteiger charge is -2.34. The largest absolute Gasteiger partial charge is 0.504 e. The third-order valence-electron chi connectivity index (χ3n) is 17.9. The van der Waals surface area contributed by atoms with Crippen LogP contribution in [-0.4, -0.2) is 245 Å². The monoisotopic (exact) mass is 1410 g/mol. The number of phenolic OH excluding ortho intramolecular Hbond substituents is 1. The van der Waals surface area contributed by atoms with Crippen molar-refractivity contribution in [1.29, 1.82) is 0 Å². The number of ether oxygens (including phenoxy) is 2. The van der Waals surface area contributed by atoms with E-state index >= 15 is 0 Å². The van der Waals surface area contributed by atoms with Gasteiger partial charge in [0.25, 0.3) is 18.2 Å². The molecule has 5 aromatic rings. The number of imidazole rings is 1. The maximum Gasteiger partial charge on any atom is 0.261 e. The molecular formula is C64H86N12O20S2. The van der Waals surface area contributed by atoms with Crippen molar-refractivity contribution in [3.05, 3.63) is 84.1 Å². The molecule has 7 amide bonds. The standard InChI is InChI=1S/C64H86N12O20S2/c1-34-31-75-54(55(34)83)60(88)66-30-41(78)28-44(67-56(84)38-11-9-37(10-12-38)45-33-76-64(68-45)97-61(72-76)39-13-15-40(16-14-39)73-22-19-43(20-23-73)93-25-7-5-4-6-24-92-3)57(85)69-51(35(2)77)62(89)74-32-42(79)29-46(74)58(86)70-52(59(87)71-53(63(75)90)48(81)18-21-65)49(82)26-36-8-17-47(80)50(27-36)94-98-96-95-91/h8-17,27,33-35,41-44,46,48-49,51-55,77-83,91H,4-7,18-26,28-32,65H2,1-3H3,(H,66,88)(H,67,84)(H,69,85)(H,70,86)(H,71,87)/t34-,35+,41+,42+,44+,46+,48-,49-,51+,52+,53+,54+,55+/m1/s1. The minimum Gasteiger partial charge on any atom is -0.504 e. The summed E-state index contributed by atoms with van der Waals surface area (Å²) in [6.45, 7) is 4.23. The number of hydrogen-bond acceptors (Lipinski definition) is 26. The van der Waals surface area contributed by atoms with Gasteiger partial charge in [-0.3, -0.25) is 33.6 Å². The first-order valence-electron chi connectivity index (χ1n) is 32.5. The molecule has 0 spiro atoms. The number of piperidine rings is 1. The van der Waals surface area contributed by atoms with E-state index in [2.05, 4.69) is 53.0 Å². The number of anilines is 1. The number of aromatic nitrogens is 3. The van der Waals surface area contributed by atoms with Crippen LogP contribution in [0.3, 0.4) is 0 Å². The third kappa shape index (κ3) is 18.8. The predicted octanol–water partition coefficient (Wildman–Crippen LogP) is -0.317. The van der Waals surface area contributed by atoms with Gasteiger partial charge < -0.3 is 96.4 Å². The van der Waals surface area contributed by atoms with Gasteiger partial charge in [0.05, 0.1) is 54.6 Å². The fourth-order valence-corrected chi connectivity index (χ4v) is 13.6. The zero-order chi connectivity index (χ0) is 70.3. The van der Waals surface area contributed by atoms with Crippen LogP contribution in [0.25, 0.3) is 26.8 Å². The van der Waals surface area contributed by atoms with Crippen molar-refractivity contribution in [3.8, 4) is 33.3 Å². The molecule has 0 saturated carbocycles. The lowest BCUT2D eigenvalue weighted by atomic mass is 9.98. The Labute approximate surface area is 572 Å². The molecule has 6 heterocycles. The van der Waals surface area contributed by atoms with E-state index in [1.54, 1.807) is 30.0 Å². The van der Waals surface area contributed by atoms with E-state index in [0.29, 0.717) is 16.2 Å². The van der Waals surface area contributed by atoms with Gasteiger partial charge in [0.15, 0.2) is 11.5 Å². The molecule has 4 aliphatic heterocycles. The van der Waals surface area contributed by atoms with E-state index in [0.717, 1.165) is 104 Å². The van der Waals surface area contributed by atoms with Crippen molar-refractivity contribution in [2.24, 2.45) is 11.7 Å². The fourth-order valence-electron chi connectivity index (χ4n) is 12.5. The van der Waals surface area contributed by atoms with Crippen molar-refractivity contribution in [2.45, 2.75) is 157 Å². The molecule has 0 aliphatic carbocycles. The average molecular weight is 1410 g/mol. The first-order chi connectivity index (χ1) is 47.0. The summed E-state index contributed by atoms with van der Waals surface area (Å²) in [5.41, 5.74) is 9.14. The Morgan fingerprint density at radius 1 is 0.796 bits per heavy atom. The van der Waals surface area contributed by atoms with Crippen LogP contribution in [0.4, 0.5) is 5.69 Å². The Morgan fingerprint density at radius 3 is 2.16 bits per heavy atom. The summed E-state index contributed by atoms with van der Waals surface area (Å²) in [5.74, 6) is -9.32. The van der Waals surface area contributed by atoms with Gasteiger partial charge in [-0.2, -0.15) is 5.10 Å². The smallest absolute Gasteiger partial charge is 0.261 e. The SMILES string of the molecule is COCCCCCCOC1CCN(c2ccc(-c3nn4cc(-c5ccc(C(=O)N[C@H]6C[C@H](O)CNC(=O)[C@@H]7[C@@H](O)[C@H](C)CN7C(=O)[C@H]([C@H](O)CCN)NC(=O)[C@H]([C@H](O)Cc7ccc(O)c(OSOOO)c7)NC(=O)[C@@H]7C[C@H](O)CN7C(=O)[C@H]([C@H](C)O)NC6=O)cc5)nc4s3)cc2)CC1. The van der Waals surface area contributed by atoms with Crippen molar-refractivity contribution in [2.75, 3.05) is 64.5 Å². The molecule has 4 aliphatic rings. The van der Waals surface area contributed by atoms with Crippen LogP contribution in [0, 0.1) is 5.92 Å². The molecule has 3 aromatic carbocycles. The summed E-state index contributed by atoms with van der Waals surface area (Å²) >= 11 is 1.48. The normalized spacial score (nSPS) is 25.2. The van der Waals surface area contributed by atoms with Gasteiger partial charge in [0.1, 0.15) is 41.3 Å². The molecule has 534 valence electrons. The fraction of sp³-hybridized carbons (Fsp3) is 0.547. The van der Waals surface area contributed by atoms with E-state index in [4.69, 9.17) is 34.7 Å². The molecule has 32 nitrogen and oxygen atoms in total. The minimum atomic E-state index is -2.11. The van der Waals surface area contributed by atoms with Crippen molar-refractivity contribution < 1.29 is 97.6 Å². The van der Waals surface area contributed by atoms with Crippen LogP contribution in [0.5, 0.6) is 11.5 Å². The first kappa shape index (κ1) is 74.5. The summed E-state index contributed by atoms with van der Waals surface area (Å²) < 4.78 is 22.3. The summed E-state index contributed by atoms with van der Waals surface area (Å²) in [6.07, 6.45) is -3.91. The average Bonchev–Trinajstić information content (AvgIpc) is 1.64. The Balaban J connectivity index is 0.922. The number of unbranched alkanes of at least 4 members (excludes halogenated alkanes) is 3. The number of hydrogen-bond donors (Lipinski definition) is 14. The molecule has 34 heteroatoms. The maximum atomic E-state index is 14.7.